The lowest BCUT2D eigenvalue weighted by Gasteiger charge is -2.05. The Kier molecular flexibility index (Phi) is 4.07. The first-order valence-electron chi connectivity index (χ1n) is 5.25. The third-order valence-corrected chi connectivity index (χ3v) is 4.43. The molecule has 1 aromatic heterocycles. The number of aryl methyl sites for hydroxylation is 1. The molecule has 0 radical (unpaired) electrons. The van der Waals surface area contributed by atoms with E-state index in [0.29, 0.717) is 0 Å². The predicted molar refractivity (Wildman–Crippen MR) is 74.2 cm³/mol. The molecule has 0 atom stereocenters. The first kappa shape index (κ1) is 14.9. The molecule has 9 heteroatoms. The second kappa shape index (κ2) is 5.47. The average Bonchev–Trinajstić information content (AvgIpc) is 2.74. The molecule has 0 bridgehead atoms. The summed E-state index contributed by atoms with van der Waals surface area (Å²) >= 11 is 1.31. The molecule has 0 spiro atoms. The summed E-state index contributed by atoms with van der Waals surface area (Å²) in [5.41, 5.74) is 0.323. The molecular weight excluding hydrogens is 327 g/mol. The van der Waals surface area contributed by atoms with Gasteiger partial charge in [-0.3, -0.25) is 4.79 Å². The Morgan fingerprint density at radius 2 is 2.15 bits per heavy atom. The van der Waals surface area contributed by atoms with Crippen LogP contribution < -0.4 is 5.32 Å². The highest BCUT2D eigenvalue weighted by Gasteiger charge is 2.17. The molecule has 0 unspecified atom stereocenters. The van der Waals surface area contributed by atoms with E-state index in [0.717, 1.165) is 17.1 Å². The van der Waals surface area contributed by atoms with Crippen LogP contribution >= 0.6 is 22.0 Å². The number of nitrogens with one attached hydrogen (secondary N) is 1. The molecule has 0 fully saturated rings. The molecule has 1 amide bonds. The topological polar surface area (TPSA) is 76.1 Å². The predicted octanol–water partition coefficient (Wildman–Crippen LogP) is 2.77. The molecule has 5 nitrogen and oxygen atoms in total. The number of anilines is 1. The highest BCUT2D eigenvalue weighted by Crippen LogP contribution is 2.22. The number of halogens is 2. The fraction of sp³-hybridized carbons (Fsp3) is 0.0909. The lowest BCUT2D eigenvalue weighted by molar-refractivity contribution is 0.102. The summed E-state index contributed by atoms with van der Waals surface area (Å²) in [6.07, 6.45) is 0. The van der Waals surface area contributed by atoms with Gasteiger partial charge < -0.3 is 5.32 Å². The normalized spacial score (nSPS) is 11.3. The van der Waals surface area contributed by atoms with Crippen LogP contribution in [0.4, 0.5) is 10.1 Å². The van der Waals surface area contributed by atoms with Gasteiger partial charge in [-0.05, 0) is 25.1 Å². The van der Waals surface area contributed by atoms with Gasteiger partial charge in [-0.1, -0.05) is 0 Å². The van der Waals surface area contributed by atoms with Crippen molar-refractivity contribution in [2.24, 2.45) is 0 Å². The monoisotopic (exact) mass is 334 g/mol. The standard InChI is InChI=1S/C11H8ClFN2O3S2/c1-6-14-9(5-19-6)11(16)15-7-2-3-10(8(13)4-7)20(12,17)18/h2-5H,1H3,(H,15,16). The van der Waals surface area contributed by atoms with E-state index in [9.17, 15) is 17.6 Å². The van der Waals surface area contributed by atoms with E-state index < -0.39 is 25.7 Å². The molecule has 1 aromatic carbocycles. The number of carbonyl (C=O) groups excluding carboxylic acids is 1. The number of nitrogens with zero attached hydrogens (tertiary/aromatic N) is 1. The van der Waals surface area contributed by atoms with E-state index in [1.807, 2.05) is 0 Å². The SMILES string of the molecule is Cc1nc(C(=O)Nc2ccc(S(=O)(=O)Cl)c(F)c2)cs1. The number of aromatic nitrogens is 1. The first-order valence-corrected chi connectivity index (χ1v) is 8.44. The Morgan fingerprint density at radius 1 is 1.45 bits per heavy atom. The zero-order valence-corrected chi connectivity index (χ0v) is 12.4. The van der Waals surface area contributed by atoms with Crippen LogP contribution in [-0.2, 0) is 9.05 Å². The maximum atomic E-state index is 13.6. The number of benzene rings is 1. The molecule has 0 saturated carbocycles. The Morgan fingerprint density at radius 3 is 2.65 bits per heavy atom. The van der Waals surface area contributed by atoms with Crippen molar-refractivity contribution in [1.29, 1.82) is 0 Å². The lowest BCUT2D eigenvalue weighted by atomic mass is 10.3. The molecule has 20 heavy (non-hydrogen) atoms. The Labute approximate surface area is 122 Å². The molecule has 1 N–H and O–H groups in total. The van der Waals surface area contributed by atoms with E-state index in [4.69, 9.17) is 10.7 Å². The molecule has 106 valence electrons. The largest absolute Gasteiger partial charge is 0.321 e. The zero-order valence-electron chi connectivity index (χ0n) is 10.1. The molecule has 1 heterocycles. The van der Waals surface area contributed by atoms with Gasteiger partial charge in [0.1, 0.15) is 16.4 Å². The van der Waals surface area contributed by atoms with Crippen molar-refractivity contribution in [3.63, 3.8) is 0 Å². The number of hydrogen-bond acceptors (Lipinski definition) is 5. The van der Waals surface area contributed by atoms with Crippen LogP contribution in [0.2, 0.25) is 0 Å². The highest BCUT2D eigenvalue weighted by molar-refractivity contribution is 8.13. The van der Waals surface area contributed by atoms with Crippen LogP contribution in [0.5, 0.6) is 0 Å². The molecule has 0 aliphatic rings. The summed E-state index contributed by atoms with van der Waals surface area (Å²) in [5.74, 6) is -1.54. The Hall–Kier alpha value is -1.51. The average molecular weight is 335 g/mol. The summed E-state index contributed by atoms with van der Waals surface area (Å²) < 4.78 is 35.7. The number of rotatable bonds is 3. The van der Waals surface area contributed by atoms with Gasteiger partial charge in [0, 0.05) is 21.7 Å². The molecule has 0 aliphatic carbocycles. The van der Waals surface area contributed by atoms with Crippen molar-refractivity contribution in [2.45, 2.75) is 11.8 Å². The number of thiazole rings is 1. The minimum Gasteiger partial charge on any atom is -0.321 e. The first-order chi connectivity index (χ1) is 9.27. The Bertz CT molecular complexity index is 774. The molecule has 2 aromatic rings. The lowest BCUT2D eigenvalue weighted by Crippen LogP contribution is -2.12. The number of hydrogen-bond donors (Lipinski definition) is 1. The summed E-state index contributed by atoms with van der Waals surface area (Å²) in [6, 6.07) is 3.11. The van der Waals surface area contributed by atoms with Gasteiger partial charge in [-0.15, -0.1) is 11.3 Å². The van der Waals surface area contributed by atoms with Gasteiger partial charge in [0.2, 0.25) is 0 Å². The van der Waals surface area contributed by atoms with E-state index >= 15 is 0 Å². The van der Waals surface area contributed by atoms with Crippen molar-refractivity contribution in [1.82, 2.24) is 4.98 Å². The van der Waals surface area contributed by atoms with Crippen molar-refractivity contribution in [2.75, 3.05) is 5.32 Å². The maximum absolute atomic E-state index is 13.6. The third kappa shape index (κ3) is 3.33. The van der Waals surface area contributed by atoms with Gasteiger partial charge >= 0.3 is 0 Å². The van der Waals surface area contributed by atoms with E-state index in [1.165, 1.54) is 17.4 Å². The van der Waals surface area contributed by atoms with Crippen LogP contribution in [0, 0.1) is 12.7 Å². The summed E-state index contributed by atoms with van der Waals surface area (Å²) in [5, 5.41) is 4.71. The number of amides is 1. The van der Waals surface area contributed by atoms with Gasteiger partial charge in [-0.2, -0.15) is 0 Å². The second-order valence-electron chi connectivity index (χ2n) is 3.79. The van der Waals surface area contributed by atoms with E-state index in [-0.39, 0.29) is 11.4 Å². The van der Waals surface area contributed by atoms with Gasteiger partial charge in [0.25, 0.3) is 15.0 Å². The van der Waals surface area contributed by atoms with E-state index in [2.05, 4.69) is 10.3 Å². The van der Waals surface area contributed by atoms with Crippen LogP contribution in [0.3, 0.4) is 0 Å². The van der Waals surface area contributed by atoms with Crippen molar-refractivity contribution in [3.8, 4) is 0 Å². The quantitative estimate of drug-likeness (QED) is 0.876. The van der Waals surface area contributed by atoms with Crippen molar-refractivity contribution in [3.05, 3.63) is 40.1 Å². The maximum Gasteiger partial charge on any atom is 0.275 e. The number of carbonyl (C=O) groups is 1. The van der Waals surface area contributed by atoms with Crippen LogP contribution in [-0.4, -0.2) is 19.3 Å². The smallest absolute Gasteiger partial charge is 0.275 e. The highest BCUT2D eigenvalue weighted by atomic mass is 35.7. The summed E-state index contributed by atoms with van der Waals surface area (Å²) in [6.45, 7) is 1.75. The summed E-state index contributed by atoms with van der Waals surface area (Å²) in [4.78, 5) is 15.1. The Balaban J connectivity index is 2.23. The molecule has 0 saturated heterocycles. The van der Waals surface area contributed by atoms with E-state index in [1.54, 1.807) is 12.3 Å². The fourth-order valence-electron chi connectivity index (χ4n) is 1.44. The van der Waals surface area contributed by atoms with Crippen molar-refractivity contribution < 1.29 is 17.6 Å². The molecule has 2 rings (SSSR count). The third-order valence-electron chi connectivity index (χ3n) is 2.30. The van der Waals surface area contributed by atoms with Crippen LogP contribution in [0.1, 0.15) is 15.5 Å². The van der Waals surface area contributed by atoms with Crippen molar-refractivity contribution >= 4 is 42.7 Å². The van der Waals surface area contributed by atoms with Crippen LogP contribution in [0.15, 0.2) is 28.5 Å². The van der Waals surface area contributed by atoms with Gasteiger partial charge in [0.05, 0.1) is 5.01 Å². The minimum atomic E-state index is -4.15. The fourth-order valence-corrected chi connectivity index (χ4v) is 2.93. The van der Waals surface area contributed by atoms with Gasteiger partial charge in [-0.25, -0.2) is 17.8 Å². The van der Waals surface area contributed by atoms with Crippen LogP contribution in [0.25, 0.3) is 0 Å². The molecule has 0 aliphatic heterocycles. The summed E-state index contributed by atoms with van der Waals surface area (Å²) in [7, 11) is 0.903. The minimum absolute atomic E-state index is 0.113. The molecular formula is C11H8ClFN2O3S2. The second-order valence-corrected chi connectivity index (χ2v) is 7.39. The van der Waals surface area contributed by atoms with Gasteiger partial charge in [0.15, 0.2) is 0 Å². The zero-order chi connectivity index (χ0) is 14.9.